The summed E-state index contributed by atoms with van der Waals surface area (Å²) in [6.07, 6.45) is 0. The first-order valence-corrected chi connectivity index (χ1v) is 7.39. The molecule has 4 nitrogen and oxygen atoms in total. The van der Waals surface area contributed by atoms with Crippen LogP contribution in [0.15, 0.2) is 15.9 Å². The van der Waals surface area contributed by atoms with Gasteiger partial charge in [-0.15, -0.1) is 11.3 Å². The molecule has 6 heteroatoms. The lowest BCUT2D eigenvalue weighted by molar-refractivity contribution is -0.122. The third-order valence-corrected chi connectivity index (χ3v) is 3.85. The molecule has 18 heavy (non-hydrogen) atoms. The SMILES string of the molecule is CCN(CC(=O)NC(C)C)C(=O)c1ccc(Br)s1. The molecule has 0 spiro atoms. The molecule has 0 aliphatic carbocycles. The lowest BCUT2D eigenvalue weighted by Crippen LogP contribution is -2.42. The van der Waals surface area contributed by atoms with Gasteiger partial charge >= 0.3 is 0 Å². The summed E-state index contributed by atoms with van der Waals surface area (Å²) in [5.74, 6) is -0.233. The van der Waals surface area contributed by atoms with E-state index in [1.54, 1.807) is 6.07 Å². The molecule has 1 rings (SSSR count). The number of carbonyl (C=O) groups is 2. The van der Waals surface area contributed by atoms with Crippen LogP contribution in [0.3, 0.4) is 0 Å². The molecule has 0 aliphatic rings. The lowest BCUT2D eigenvalue weighted by Gasteiger charge is -2.20. The van der Waals surface area contributed by atoms with Crippen molar-refractivity contribution in [1.29, 1.82) is 0 Å². The molecule has 2 amide bonds. The van der Waals surface area contributed by atoms with Crippen LogP contribution in [0.5, 0.6) is 0 Å². The van der Waals surface area contributed by atoms with E-state index < -0.39 is 0 Å². The van der Waals surface area contributed by atoms with Gasteiger partial charge in [0.1, 0.15) is 0 Å². The van der Waals surface area contributed by atoms with Crippen molar-refractivity contribution in [1.82, 2.24) is 10.2 Å². The zero-order valence-corrected chi connectivity index (χ0v) is 13.1. The van der Waals surface area contributed by atoms with Crippen LogP contribution >= 0.6 is 27.3 Å². The van der Waals surface area contributed by atoms with E-state index in [0.29, 0.717) is 11.4 Å². The molecule has 0 aliphatic heterocycles. The highest BCUT2D eigenvalue weighted by Gasteiger charge is 2.18. The zero-order valence-electron chi connectivity index (χ0n) is 10.7. The normalized spacial score (nSPS) is 10.5. The van der Waals surface area contributed by atoms with Gasteiger partial charge in [-0.05, 0) is 48.8 Å². The second kappa shape index (κ2) is 6.89. The van der Waals surface area contributed by atoms with E-state index >= 15 is 0 Å². The van der Waals surface area contributed by atoms with Gasteiger partial charge < -0.3 is 10.2 Å². The summed E-state index contributed by atoms with van der Waals surface area (Å²) >= 11 is 4.70. The second-order valence-corrected chi connectivity index (χ2v) is 6.61. The molecule has 1 N–H and O–H groups in total. The standard InChI is InChI=1S/C12H17BrN2O2S/c1-4-15(7-11(16)14-8(2)3)12(17)9-5-6-10(13)18-9/h5-6,8H,4,7H2,1-3H3,(H,14,16). The van der Waals surface area contributed by atoms with Crippen LogP contribution in [0.2, 0.25) is 0 Å². The Hall–Kier alpha value is -0.880. The number of rotatable bonds is 5. The zero-order chi connectivity index (χ0) is 13.7. The number of carbonyl (C=O) groups excluding carboxylic acids is 2. The van der Waals surface area contributed by atoms with Crippen LogP contribution < -0.4 is 5.32 Å². The summed E-state index contributed by atoms with van der Waals surface area (Å²) in [5, 5.41) is 2.78. The van der Waals surface area contributed by atoms with Crippen LogP contribution in [0, 0.1) is 0 Å². The molecule has 1 aromatic heterocycles. The summed E-state index contributed by atoms with van der Waals surface area (Å²) in [7, 11) is 0. The smallest absolute Gasteiger partial charge is 0.264 e. The van der Waals surface area contributed by atoms with Crippen molar-refractivity contribution in [3.05, 3.63) is 20.8 Å². The highest BCUT2D eigenvalue weighted by molar-refractivity contribution is 9.11. The predicted octanol–water partition coefficient (Wildman–Crippen LogP) is 2.50. The summed E-state index contributed by atoms with van der Waals surface area (Å²) < 4.78 is 0.911. The van der Waals surface area contributed by atoms with E-state index in [1.165, 1.54) is 16.2 Å². The van der Waals surface area contributed by atoms with Crippen molar-refractivity contribution in [3.8, 4) is 0 Å². The van der Waals surface area contributed by atoms with Crippen LogP contribution in [0.25, 0.3) is 0 Å². The van der Waals surface area contributed by atoms with Crippen molar-refractivity contribution in [2.75, 3.05) is 13.1 Å². The molecule has 0 bridgehead atoms. The van der Waals surface area contributed by atoms with Gasteiger partial charge in [0.25, 0.3) is 5.91 Å². The summed E-state index contributed by atoms with van der Waals surface area (Å²) in [6, 6.07) is 3.68. The average molecular weight is 333 g/mol. The predicted molar refractivity (Wildman–Crippen MR) is 76.9 cm³/mol. The maximum absolute atomic E-state index is 12.1. The molecule has 0 atom stereocenters. The second-order valence-electron chi connectivity index (χ2n) is 4.15. The van der Waals surface area contributed by atoms with E-state index in [0.717, 1.165) is 3.79 Å². The minimum atomic E-state index is -0.129. The Labute approximate surface area is 119 Å². The first kappa shape index (κ1) is 15.2. The monoisotopic (exact) mass is 332 g/mol. The third kappa shape index (κ3) is 4.42. The molecule has 0 fully saturated rings. The summed E-state index contributed by atoms with van der Waals surface area (Å²) in [4.78, 5) is 26.0. The van der Waals surface area contributed by atoms with Gasteiger partial charge in [-0.25, -0.2) is 0 Å². The highest BCUT2D eigenvalue weighted by Crippen LogP contribution is 2.23. The first-order chi connectivity index (χ1) is 8.43. The fraction of sp³-hybridized carbons (Fsp3) is 0.500. The number of likely N-dealkylation sites (N-methyl/N-ethyl adjacent to an activating group) is 1. The maximum atomic E-state index is 12.1. The fourth-order valence-electron chi connectivity index (χ4n) is 1.45. The van der Waals surface area contributed by atoms with Crippen LogP contribution in [0.4, 0.5) is 0 Å². The summed E-state index contributed by atoms with van der Waals surface area (Å²) in [6.45, 7) is 6.27. The highest BCUT2D eigenvalue weighted by atomic mass is 79.9. The number of hydrogen-bond acceptors (Lipinski definition) is 3. The molecule has 0 saturated heterocycles. The van der Waals surface area contributed by atoms with Gasteiger partial charge in [-0.1, -0.05) is 0 Å². The van der Waals surface area contributed by atoms with E-state index in [4.69, 9.17) is 0 Å². The van der Waals surface area contributed by atoms with Crippen molar-refractivity contribution >= 4 is 39.1 Å². The molecule has 0 radical (unpaired) electrons. The van der Waals surface area contributed by atoms with Gasteiger partial charge in [0.05, 0.1) is 15.2 Å². The molecular weight excluding hydrogens is 316 g/mol. The lowest BCUT2D eigenvalue weighted by atomic mass is 10.3. The molecule has 0 saturated carbocycles. The number of halogens is 1. The van der Waals surface area contributed by atoms with E-state index in [-0.39, 0.29) is 24.4 Å². The Morgan fingerprint density at radius 3 is 2.56 bits per heavy atom. The molecule has 1 heterocycles. The Morgan fingerprint density at radius 2 is 2.11 bits per heavy atom. The third-order valence-electron chi connectivity index (χ3n) is 2.24. The Balaban J connectivity index is 2.66. The molecule has 0 aromatic carbocycles. The minimum absolute atomic E-state index is 0.0854. The number of hydrogen-bond donors (Lipinski definition) is 1. The van der Waals surface area contributed by atoms with Crippen molar-refractivity contribution in [3.63, 3.8) is 0 Å². The first-order valence-electron chi connectivity index (χ1n) is 5.78. The van der Waals surface area contributed by atoms with Crippen molar-refractivity contribution in [2.45, 2.75) is 26.8 Å². The number of thiophene rings is 1. The Morgan fingerprint density at radius 1 is 1.44 bits per heavy atom. The largest absolute Gasteiger partial charge is 0.352 e. The van der Waals surface area contributed by atoms with E-state index in [1.807, 2.05) is 26.8 Å². The molecule has 0 unspecified atom stereocenters. The Kier molecular flexibility index (Phi) is 5.81. The topological polar surface area (TPSA) is 49.4 Å². The van der Waals surface area contributed by atoms with Gasteiger partial charge in [-0.2, -0.15) is 0 Å². The van der Waals surface area contributed by atoms with Crippen LogP contribution in [-0.4, -0.2) is 35.8 Å². The summed E-state index contributed by atoms with van der Waals surface area (Å²) in [5.41, 5.74) is 0. The quantitative estimate of drug-likeness (QED) is 0.900. The van der Waals surface area contributed by atoms with Gasteiger partial charge in [0, 0.05) is 12.6 Å². The maximum Gasteiger partial charge on any atom is 0.264 e. The number of amides is 2. The molecule has 100 valence electrons. The van der Waals surface area contributed by atoms with Gasteiger partial charge in [-0.3, -0.25) is 9.59 Å². The average Bonchev–Trinajstić information content (AvgIpc) is 2.70. The molecular formula is C12H17BrN2O2S. The number of nitrogens with zero attached hydrogens (tertiary/aromatic N) is 1. The van der Waals surface area contributed by atoms with Gasteiger partial charge in [0.15, 0.2) is 0 Å². The van der Waals surface area contributed by atoms with Crippen molar-refractivity contribution < 1.29 is 9.59 Å². The van der Waals surface area contributed by atoms with Gasteiger partial charge in [0.2, 0.25) is 5.91 Å². The van der Waals surface area contributed by atoms with E-state index in [2.05, 4.69) is 21.2 Å². The van der Waals surface area contributed by atoms with Crippen LogP contribution in [-0.2, 0) is 4.79 Å². The van der Waals surface area contributed by atoms with E-state index in [9.17, 15) is 9.59 Å². The molecule has 1 aromatic rings. The minimum Gasteiger partial charge on any atom is -0.352 e. The number of nitrogens with one attached hydrogen (secondary N) is 1. The van der Waals surface area contributed by atoms with Crippen molar-refractivity contribution in [2.24, 2.45) is 0 Å². The fourth-order valence-corrected chi connectivity index (χ4v) is 2.81. The Bertz CT molecular complexity index is 431. The van der Waals surface area contributed by atoms with Crippen LogP contribution in [0.1, 0.15) is 30.4 Å².